The smallest absolute Gasteiger partial charge is 0.316 e. The molecule has 0 spiro atoms. The SMILES string of the molecule is CCOC(=O)CC1=[NH+]CCc2cc(OC)c(OC)cc21. The van der Waals surface area contributed by atoms with E-state index in [9.17, 15) is 4.79 Å². The third-order valence-electron chi connectivity index (χ3n) is 3.29. The summed E-state index contributed by atoms with van der Waals surface area (Å²) in [6.07, 6.45) is 1.14. The second-order valence-electron chi connectivity index (χ2n) is 4.50. The van der Waals surface area contributed by atoms with Crippen molar-refractivity contribution in [1.82, 2.24) is 0 Å². The molecular weight excluding hydrogens is 258 g/mol. The molecule has 2 rings (SSSR count). The second kappa shape index (κ2) is 6.41. The lowest BCUT2D eigenvalue weighted by molar-refractivity contribution is -0.458. The molecule has 0 saturated heterocycles. The normalized spacial score (nSPS) is 13.2. The number of carbonyl (C=O) groups is 1. The average Bonchev–Trinajstić information content (AvgIpc) is 2.46. The van der Waals surface area contributed by atoms with Crippen LogP contribution in [0.2, 0.25) is 0 Å². The molecule has 0 fully saturated rings. The van der Waals surface area contributed by atoms with Gasteiger partial charge in [-0.15, -0.1) is 0 Å². The molecule has 1 N–H and O–H groups in total. The van der Waals surface area contributed by atoms with Crippen molar-refractivity contribution in [2.45, 2.75) is 19.8 Å². The monoisotopic (exact) mass is 278 g/mol. The van der Waals surface area contributed by atoms with Crippen LogP contribution in [0.15, 0.2) is 12.1 Å². The van der Waals surface area contributed by atoms with E-state index in [0.717, 1.165) is 29.8 Å². The molecule has 0 aliphatic carbocycles. The van der Waals surface area contributed by atoms with E-state index in [0.29, 0.717) is 18.1 Å². The number of ether oxygens (including phenoxy) is 3. The van der Waals surface area contributed by atoms with Crippen LogP contribution in [-0.2, 0) is 16.0 Å². The molecule has 0 radical (unpaired) electrons. The fourth-order valence-corrected chi connectivity index (χ4v) is 2.37. The van der Waals surface area contributed by atoms with Crippen LogP contribution in [0.3, 0.4) is 0 Å². The molecular formula is C15H20NO4+. The van der Waals surface area contributed by atoms with Crippen LogP contribution in [0.25, 0.3) is 0 Å². The average molecular weight is 278 g/mol. The molecule has 0 saturated carbocycles. The molecule has 0 atom stereocenters. The fourth-order valence-electron chi connectivity index (χ4n) is 2.37. The van der Waals surface area contributed by atoms with E-state index < -0.39 is 0 Å². The van der Waals surface area contributed by atoms with Gasteiger partial charge in [0.1, 0.15) is 13.0 Å². The standard InChI is InChI=1S/C15H19NO4/c1-4-20-15(17)9-12-11-8-14(19-3)13(18-2)7-10(11)5-6-16-12/h7-8H,4-6,9H2,1-3H3/p+1. The molecule has 1 aromatic carbocycles. The Balaban J connectivity index is 2.32. The summed E-state index contributed by atoms with van der Waals surface area (Å²) >= 11 is 0. The zero-order valence-electron chi connectivity index (χ0n) is 12.1. The van der Waals surface area contributed by atoms with Crippen molar-refractivity contribution in [3.05, 3.63) is 23.3 Å². The maximum atomic E-state index is 11.7. The number of esters is 1. The summed E-state index contributed by atoms with van der Waals surface area (Å²) in [5.74, 6) is 1.15. The maximum absolute atomic E-state index is 11.7. The Morgan fingerprint density at radius 2 is 1.95 bits per heavy atom. The summed E-state index contributed by atoms with van der Waals surface area (Å²) in [7, 11) is 3.22. The van der Waals surface area contributed by atoms with Gasteiger partial charge in [0.2, 0.25) is 0 Å². The molecule has 0 amide bonds. The molecule has 20 heavy (non-hydrogen) atoms. The van der Waals surface area contributed by atoms with Gasteiger partial charge in [0, 0.05) is 12.0 Å². The molecule has 0 unspecified atom stereocenters. The Kier molecular flexibility index (Phi) is 4.61. The third kappa shape index (κ3) is 2.92. The third-order valence-corrected chi connectivity index (χ3v) is 3.29. The summed E-state index contributed by atoms with van der Waals surface area (Å²) < 4.78 is 15.6. The van der Waals surface area contributed by atoms with Gasteiger partial charge in [-0.3, -0.25) is 4.79 Å². The lowest BCUT2D eigenvalue weighted by Gasteiger charge is -2.16. The van der Waals surface area contributed by atoms with E-state index in [2.05, 4.69) is 4.99 Å². The van der Waals surface area contributed by atoms with Crippen LogP contribution in [0.4, 0.5) is 0 Å². The molecule has 1 aliphatic heterocycles. The molecule has 5 heteroatoms. The van der Waals surface area contributed by atoms with Gasteiger partial charge < -0.3 is 14.2 Å². The topological polar surface area (TPSA) is 58.7 Å². The predicted octanol–water partition coefficient (Wildman–Crippen LogP) is 0.0828. The van der Waals surface area contributed by atoms with Gasteiger partial charge in [-0.25, -0.2) is 4.99 Å². The maximum Gasteiger partial charge on any atom is 0.316 e. The highest BCUT2D eigenvalue weighted by molar-refractivity contribution is 6.07. The van der Waals surface area contributed by atoms with Crippen molar-refractivity contribution in [2.24, 2.45) is 0 Å². The first kappa shape index (κ1) is 14.4. The molecule has 1 heterocycles. The first-order valence-corrected chi connectivity index (χ1v) is 6.70. The van der Waals surface area contributed by atoms with Gasteiger partial charge >= 0.3 is 5.97 Å². The van der Waals surface area contributed by atoms with Gasteiger partial charge in [-0.1, -0.05) is 0 Å². The minimum atomic E-state index is -0.224. The van der Waals surface area contributed by atoms with Crippen LogP contribution in [-0.4, -0.2) is 39.1 Å². The van der Waals surface area contributed by atoms with Crippen LogP contribution in [0.5, 0.6) is 11.5 Å². The van der Waals surface area contributed by atoms with Crippen molar-refractivity contribution in [1.29, 1.82) is 0 Å². The highest BCUT2D eigenvalue weighted by Gasteiger charge is 2.25. The van der Waals surface area contributed by atoms with E-state index >= 15 is 0 Å². The molecule has 0 aromatic heterocycles. The first-order chi connectivity index (χ1) is 9.69. The number of benzene rings is 1. The van der Waals surface area contributed by atoms with Crippen molar-refractivity contribution >= 4 is 11.7 Å². The Labute approximate surface area is 118 Å². The zero-order chi connectivity index (χ0) is 14.5. The second-order valence-corrected chi connectivity index (χ2v) is 4.50. The van der Waals surface area contributed by atoms with E-state index in [4.69, 9.17) is 14.2 Å². The largest absolute Gasteiger partial charge is 0.493 e. The van der Waals surface area contributed by atoms with E-state index in [1.807, 2.05) is 12.1 Å². The van der Waals surface area contributed by atoms with Gasteiger partial charge in [0.05, 0.1) is 20.8 Å². The number of nitrogens with one attached hydrogen (secondary N) is 1. The lowest BCUT2D eigenvalue weighted by Crippen LogP contribution is -2.75. The predicted molar refractivity (Wildman–Crippen MR) is 74.4 cm³/mol. The fraction of sp³-hybridized carbons (Fsp3) is 0.467. The summed E-state index contributed by atoms with van der Waals surface area (Å²) in [6, 6.07) is 3.88. The van der Waals surface area contributed by atoms with E-state index in [-0.39, 0.29) is 12.4 Å². The van der Waals surface area contributed by atoms with E-state index in [1.165, 1.54) is 0 Å². The Hall–Kier alpha value is -2.04. The van der Waals surface area contributed by atoms with Gasteiger partial charge in [0.15, 0.2) is 17.2 Å². The summed E-state index contributed by atoms with van der Waals surface area (Å²) in [6.45, 7) is 3.00. The van der Waals surface area contributed by atoms with Gasteiger partial charge in [-0.2, -0.15) is 0 Å². The van der Waals surface area contributed by atoms with Crippen molar-refractivity contribution in [2.75, 3.05) is 27.4 Å². The molecule has 108 valence electrons. The minimum absolute atomic E-state index is 0.224. The highest BCUT2D eigenvalue weighted by Crippen LogP contribution is 2.31. The lowest BCUT2D eigenvalue weighted by atomic mass is 9.95. The van der Waals surface area contributed by atoms with Gasteiger partial charge in [0.25, 0.3) is 0 Å². The molecule has 5 nitrogen and oxygen atoms in total. The van der Waals surface area contributed by atoms with Crippen LogP contribution < -0.4 is 14.5 Å². The number of rotatable bonds is 5. The van der Waals surface area contributed by atoms with Crippen LogP contribution >= 0.6 is 0 Å². The van der Waals surface area contributed by atoms with Crippen molar-refractivity contribution < 1.29 is 24.0 Å². The Morgan fingerprint density at radius 1 is 1.25 bits per heavy atom. The summed E-state index contributed by atoms with van der Waals surface area (Å²) in [5, 5.41) is 0. The summed E-state index contributed by atoms with van der Waals surface area (Å²) in [4.78, 5) is 14.9. The number of hydrogen-bond acceptors (Lipinski definition) is 4. The number of hydrogen-bond donors (Lipinski definition) is 1. The minimum Gasteiger partial charge on any atom is -0.493 e. The first-order valence-electron chi connectivity index (χ1n) is 6.70. The molecule has 1 aliphatic rings. The Bertz CT molecular complexity index is 537. The quantitative estimate of drug-likeness (QED) is 0.775. The van der Waals surface area contributed by atoms with Crippen molar-refractivity contribution in [3.8, 4) is 11.5 Å². The molecule has 1 aromatic rings. The summed E-state index contributed by atoms with van der Waals surface area (Å²) in [5.41, 5.74) is 3.04. The number of fused-ring (bicyclic) bond motifs is 1. The van der Waals surface area contributed by atoms with E-state index in [1.54, 1.807) is 21.1 Å². The van der Waals surface area contributed by atoms with Crippen LogP contribution in [0, 0.1) is 0 Å². The zero-order valence-corrected chi connectivity index (χ0v) is 12.1. The molecule has 0 bridgehead atoms. The number of carbonyl (C=O) groups excluding carboxylic acids is 1. The van der Waals surface area contributed by atoms with Gasteiger partial charge in [-0.05, 0) is 24.6 Å². The Morgan fingerprint density at radius 3 is 2.60 bits per heavy atom. The number of methoxy groups -OCH3 is 2. The highest BCUT2D eigenvalue weighted by atomic mass is 16.5. The van der Waals surface area contributed by atoms with Crippen LogP contribution in [0.1, 0.15) is 24.5 Å². The van der Waals surface area contributed by atoms with Crippen molar-refractivity contribution in [3.63, 3.8) is 0 Å².